The lowest BCUT2D eigenvalue weighted by Gasteiger charge is -2.17. The predicted molar refractivity (Wildman–Crippen MR) is 67.1 cm³/mol. The molecule has 1 aromatic carbocycles. The Hall–Kier alpha value is -2.03. The molecule has 1 aromatic heterocycles. The molecule has 0 fully saturated rings. The van der Waals surface area contributed by atoms with E-state index < -0.39 is 0 Å². The molecule has 92 valence electrons. The quantitative estimate of drug-likeness (QED) is 0.759. The van der Waals surface area contributed by atoms with Crippen molar-refractivity contribution < 1.29 is 13.9 Å². The second-order valence-corrected chi connectivity index (χ2v) is 4.49. The topological polar surface area (TPSA) is 39.4 Å². The number of rotatable bonds is 2. The van der Waals surface area contributed by atoms with E-state index in [0.29, 0.717) is 16.9 Å². The van der Waals surface area contributed by atoms with Crippen molar-refractivity contribution in [1.82, 2.24) is 0 Å². The van der Waals surface area contributed by atoms with Crippen LogP contribution in [-0.4, -0.2) is 12.4 Å². The fraction of sp³-hybridized carbons (Fsp3) is 0.267. The average molecular weight is 242 g/mol. The van der Waals surface area contributed by atoms with Crippen LogP contribution in [0.3, 0.4) is 0 Å². The summed E-state index contributed by atoms with van der Waals surface area (Å²) < 4.78 is 10.7. The molecule has 0 saturated heterocycles. The molecule has 0 aliphatic carbocycles. The lowest BCUT2D eigenvalue weighted by atomic mass is 9.98. The van der Waals surface area contributed by atoms with E-state index in [-0.39, 0.29) is 5.78 Å². The number of carbonyl (C=O) groups excluding carboxylic acids is 1. The highest BCUT2D eigenvalue weighted by molar-refractivity contribution is 6.09. The molecule has 0 saturated carbocycles. The Balaban J connectivity index is 1.98. The molecule has 0 atom stereocenters. The summed E-state index contributed by atoms with van der Waals surface area (Å²) >= 11 is 0. The van der Waals surface area contributed by atoms with Crippen LogP contribution in [-0.2, 0) is 6.42 Å². The van der Waals surface area contributed by atoms with Gasteiger partial charge in [-0.25, -0.2) is 0 Å². The lowest BCUT2D eigenvalue weighted by Crippen LogP contribution is -2.10. The molecule has 0 amide bonds. The van der Waals surface area contributed by atoms with E-state index in [1.165, 1.54) is 0 Å². The Morgan fingerprint density at radius 3 is 2.94 bits per heavy atom. The van der Waals surface area contributed by atoms with Crippen LogP contribution in [0.4, 0.5) is 0 Å². The number of ketones is 1. The van der Waals surface area contributed by atoms with Gasteiger partial charge in [0.05, 0.1) is 18.4 Å². The minimum atomic E-state index is 0.00891. The van der Waals surface area contributed by atoms with E-state index in [2.05, 4.69) is 0 Å². The molecule has 3 heteroatoms. The zero-order valence-corrected chi connectivity index (χ0v) is 10.2. The van der Waals surface area contributed by atoms with Gasteiger partial charge < -0.3 is 9.15 Å². The van der Waals surface area contributed by atoms with Crippen molar-refractivity contribution >= 4 is 5.78 Å². The summed E-state index contributed by atoms with van der Waals surface area (Å²) in [6.07, 6.45) is 3.53. The summed E-state index contributed by atoms with van der Waals surface area (Å²) in [5, 5.41) is 0. The Bertz CT molecular complexity index is 596. The molecule has 3 nitrogen and oxygen atoms in total. The van der Waals surface area contributed by atoms with E-state index in [4.69, 9.17) is 9.15 Å². The third-order valence-electron chi connectivity index (χ3n) is 3.27. The number of benzene rings is 1. The maximum atomic E-state index is 12.3. The Morgan fingerprint density at radius 1 is 1.28 bits per heavy atom. The fourth-order valence-electron chi connectivity index (χ4n) is 2.28. The zero-order valence-electron chi connectivity index (χ0n) is 10.2. The van der Waals surface area contributed by atoms with Gasteiger partial charge in [0.15, 0.2) is 5.78 Å². The zero-order chi connectivity index (χ0) is 12.5. The number of fused-ring (bicyclic) bond motifs is 1. The van der Waals surface area contributed by atoms with Crippen molar-refractivity contribution in [2.24, 2.45) is 0 Å². The molecular formula is C15H14O3. The van der Waals surface area contributed by atoms with Gasteiger partial charge in [0.25, 0.3) is 0 Å². The summed E-state index contributed by atoms with van der Waals surface area (Å²) in [5.41, 5.74) is 2.45. The Morgan fingerprint density at radius 2 is 2.17 bits per heavy atom. The second kappa shape index (κ2) is 4.33. The first-order valence-electron chi connectivity index (χ1n) is 6.10. The standard InChI is InChI=1S/C15H14O3/c1-10-13(6-8-17-10)15(16)12-4-5-14-11(9-12)3-2-7-18-14/h4-6,8-9H,2-3,7H2,1H3. The first-order chi connectivity index (χ1) is 8.75. The van der Waals surface area contributed by atoms with Crippen molar-refractivity contribution in [2.75, 3.05) is 6.61 Å². The number of hydrogen-bond acceptors (Lipinski definition) is 3. The smallest absolute Gasteiger partial charge is 0.196 e. The van der Waals surface area contributed by atoms with Crippen molar-refractivity contribution in [1.29, 1.82) is 0 Å². The van der Waals surface area contributed by atoms with Crippen molar-refractivity contribution in [3.63, 3.8) is 0 Å². The van der Waals surface area contributed by atoms with Crippen LogP contribution in [0, 0.1) is 6.92 Å². The lowest BCUT2D eigenvalue weighted by molar-refractivity contribution is 0.103. The first kappa shape index (κ1) is 11.1. The molecule has 18 heavy (non-hydrogen) atoms. The maximum absolute atomic E-state index is 12.3. The molecule has 0 bridgehead atoms. The van der Waals surface area contributed by atoms with Crippen LogP contribution in [0.1, 0.15) is 33.7 Å². The molecule has 1 aliphatic rings. The van der Waals surface area contributed by atoms with E-state index in [0.717, 1.165) is 30.8 Å². The predicted octanol–water partition coefficient (Wildman–Crippen LogP) is 3.14. The van der Waals surface area contributed by atoms with Gasteiger partial charge in [-0.15, -0.1) is 0 Å². The highest BCUT2D eigenvalue weighted by atomic mass is 16.5. The molecule has 2 aromatic rings. The Labute approximate surface area is 105 Å². The summed E-state index contributed by atoms with van der Waals surface area (Å²) in [5.74, 6) is 1.57. The summed E-state index contributed by atoms with van der Waals surface area (Å²) in [4.78, 5) is 12.3. The molecule has 2 heterocycles. The maximum Gasteiger partial charge on any atom is 0.196 e. The SMILES string of the molecule is Cc1occc1C(=O)c1ccc2c(c1)CCCO2. The van der Waals surface area contributed by atoms with Gasteiger partial charge in [0, 0.05) is 5.56 Å². The van der Waals surface area contributed by atoms with Crippen LogP contribution in [0.15, 0.2) is 34.9 Å². The molecular weight excluding hydrogens is 228 g/mol. The minimum absolute atomic E-state index is 0.00891. The highest BCUT2D eigenvalue weighted by Gasteiger charge is 2.17. The van der Waals surface area contributed by atoms with Crippen LogP contribution < -0.4 is 4.74 Å². The van der Waals surface area contributed by atoms with Crippen LogP contribution in [0.25, 0.3) is 0 Å². The third kappa shape index (κ3) is 1.82. The molecule has 3 rings (SSSR count). The summed E-state index contributed by atoms with van der Waals surface area (Å²) in [6, 6.07) is 7.35. The second-order valence-electron chi connectivity index (χ2n) is 4.49. The third-order valence-corrected chi connectivity index (χ3v) is 3.27. The largest absolute Gasteiger partial charge is 0.493 e. The first-order valence-corrected chi connectivity index (χ1v) is 6.10. The van der Waals surface area contributed by atoms with Gasteiger partial charge >= 0.3 is 0 Å². The van der Waals surface area contributed by atoms with Crippen LogP contribution in [0.5, 0.6) is 5.75 Å². The molecule has 0 N–H and O–H groups in total. The van der Waals surface area contributed by atoms with E-state index in [1.54, 1.807) is 19.3 Å². The van der Waals surface area contributed by atoms with Gasteiger partial charge in [-0.3, -0.25) is 4.79 Å². The van der Waals surface area contributed by atoms with E-state index in [1.807, 2.05) is 18.2 Å². The molecule has 0 spiro atoms. The fourth-order valence-corrected chi connectivity index (χ4v) is 2.28. The Kier molecular flexibility index (Phi) is 2.67. The highest BCUT2D eigenvalue weighted by Crippen LogP contribution is 2.27. The monoisotopic (exact) mass is 242 g/mol. The van der Waals surface area contributed by atoms with E-state index >= 15 is 0 Å². The van der Waals surface area contributed by atoms with Crippen LogP contribution >= 0.6 is 0 Å². The molecule has 0 radical (unpaired) electrons. The summed E-state index contributed by atoms with van der Waals surface area (Å²) in [7, 11) is 0. The number of hydrogen-bond donors (Lipinski definition) is 0. The average Bonchev–Trinajstić information content (AvgIpc) is 2.83. The van der Waals surface area contributed by atoms with Crippen molar-refractivity contribution in [2.45, 2.75) is 19.8 Å². The van der Waals surface area contributed by atoms with Crippen molar-refractivity contribution in [3.05, 3.63) is 53.0 Å². The van der Waals surface area contributed by atoms with Gasteiger partial charge in [-0.1, -0.05) is 0 Å². The minimum Gasteiger partial charge on any atom is -0.493 e. The number of carbonyl (C=O) groups is 1. The van der Waals surface area contributed by atoms with Gasteiger partial charge in [0.1, 0.15) is 11.5 Å². The number of ether oxygens (including phenoxy) is 1. The van der Waals surface area contributed by atoms with Crippen molar-refractivity contribution in [3.8, 4) is 5.75 Å². The molecule has 0 unspecified atom stereocenters. The van der Waals surface area contributed by atoms with Gasteiger partial charge in [-0.2, -0.15) is 0 Å². The van der Waals surface area contributed by atoms with Gasteiger partial charge in [-0.05, 0) is 49.6 Å². The molecule has 1 aliphatic heterocycles. The number of furan rings is 1. The van der Waals surface area contributed by atoms with Crippen LogP contribution in [0.2, 0.25) is 0 Å². The number of aryl methyl sites for hydroxylation is 2. The van der Waals surface area contributed by atoms with Gasteiger partial charge in [0.2, 0.25) is 0 Å². The normalized spacial score (nSPS) is 13.8. The van der Waals surface area contributed by atoms with E-state index in [9.17, 15) is 4.79 Å². The summed E-state index contributed by atoms with van der Waals surface area (Å²) in [6.45, 7) is 2.57.